The van der Waals surface area contributed by atoms with Crippen LogP contribution in [0.25, 0.3) is 0 Å². The van der Waals surface area contributed by atoms with Gasteiger partial charge in [0.05, 0.1) is 12.1 Å². The molecule has 0 aromatic heterocycles. The van der Waals surface area contributed by atoms with E-state index in [1.54, 1.807) is 0 Å². The fourth-order valence-corrected chi connectivity index (χ4v) is 2.85. The Labute approximate surface area is 117 Å². The van der Waals surface area contributed by atoms with Crippen LogP contribution < -0.4 is 5.32 Å². The van der Waals surface area contributed by atoms with Crippen molar-refractivity contribution >= 4 is 0 Å². The SMILES string of the molecule is CNC(c1ccc(C(C)(C)C)cc1)C1OCCC1C. The van der Waals surface area contributed by atoms with Gasteiger partial charge in [0, 0.05) is 6.61 Å². The van der Waals surface area contributed by atoms with Crippen molar-refractivity contribution in [3.05, 3.63) is 35.4 Å². The van der Waals surface area contributed by atoms with Crippen molar-refractivity contribution in [2.45, 2.75) is 51.7 Å². The van der Waals surface area contributed by atoms with Gasteiger partial charge in [-0.25, -0.2) is 0 Å². The zero-order valence-electron chi connectivity index (χ0n) is 12.9. The van der Waals surface area contributed by atoms with Gasteiger partial charge in [-0.2, -0.15) is 0 Å². The number of benzene rings is 1. The quantitative estimate of drug-likeness (QED) is 0.896. The fourth-order valence-electron chi connectivity index (χ4n) is 2.85. The highest BCUT2D eigenvalue weighted by Gasteiger charge is 2.32. The molecule has 106 valence electrons. The van der Waals surface area contributed by atoms with Gasteiger partial charge in [-0.1, -0.05) is 52.0 Å². The van der Waals surface area contributed by atoms with Gasteiger partial charge in [0.1, 0.15) is 0 Å². The topological polar surface area (TPSA) is 21.3 Å². The van der Waals surface area contributed by atoms with Crippen molar-refractivity contribution < 1.29 is 4.74 Å². The van der Waals surface area contributed by atoms with Crippen molar-refractivity contribution in [2.24, 2.45) is 5.92 Å². The van der Waals surface area contributed by atoms with Gasteiger partial charge in [-0.05, 0) is 35.9 Å². The Kier molecular flexibility index (Phi) is 4.32. The summed E-state index contributed by atoms with van der Waals surface area (Å²) in [6.45, 7) is 9.93. The third-order valence-corrected chi connectivity index (χ3v) is 4.22. The zero-order valence-corrected chi connectivity index (χ0v) is 12.9. The number of hydrogen-bond acceptors (Lipinski definition) is 2. The van der Waals surface area contributed by atoms with E-state index in [1.807, 2.05) is 7.05 Å². The van der Waals surface area contributed by atoms with E-state index >= 15 is 0 Å². The molecular formula is C17H27NO. The molecule has 19 heavy (non-hydrogen) atoms. The van der Waals surface area contributed by atoms with Crippen LogP contribution in [0.1, 0.15) is 51.3 Å². The first-order valence-electron chi connectivity index (χ1n) is 7.33. The highest BCUT2D eigenvalue weighted by Crippen LogP contribution is 2.32. The van der Waals surface area contributed by atoms with Crippen LogP contribution in [0.2, 0.25) is 0 Å². The minimum absolute atomic E-state index is 0.213. The maximum Gasteiger partial charge on any atom is 0.0795 e. The zero-order chi connectivity index (χ0) is 14.0. The molecule has 1 aliphatic heterocycles. The Hall–Kier alpha value is -0.860. The van der Waals surface area contributed by atoms with E-state index < -0.39 is 0 Å². The summed E-state index contributed by atoms with van der Waals surface area (Å²) in [6, 6.07) is 9.29. The summed E-state index contributed by atoms with van der Waals surface area (Å²) in [4.78, 5) is 0. The lowest BCUT2D eigenvalue weighted by molar-refractivity contribution is 0.0631. The summed E-state index contributed by atoms with van der Waals surface area (Å²) in [7, 11) is 2.02. The Balaban J connectivity index is 2.19. The first kappa shape index (κ1) is 14.5. The number of likely N-dealkylation sites (N-methyl/N-ethyl adjacent to an activating group) is 1. The molecule has 1 aromatic carbocycles. The molecule has 2 heteroatoms. The van der Waals surface area contributed by atoms with Crippen LogP contribution >= 0.6 is 0 Å². The van der Waals surface area contributed by atoms with Crippen LogP contribution in [0, 0.1) is 5.92 Å². The number of rotatable bonds is 3. The summed E-state index contributed by atoms with van der Waals surface area (Å²) in [5, 5.41) is 3.42. The van der Waals surface area contributed by atoms with Crippen LogP contribution in [0.3, 0.4) is 0 Å². The normalized spacial score (nSPS) is 25.5. The molecule has 0 radical (unpaired) electrons. The molecular weight excluding hydrogens is 234 g/mol. The first-order valence-corrected chi connectivity index (χ1v) is 7.33. The van der Waals surface area contributed by atoms with Crippen molar-refractivity contribution in [1.29, 1.82) is 0 Å². The Morgan fingerprint density at radius 3 is 2.26 bits per heavy atom. The third kappa shape index (κ3) is 3.18. The molecule has 1 heterocycles. The standard InChI is InChI=1S/C17H27NO/c1-12-10-11-19-16(12)15(18-5)13-6-8-14(9-7-13)17(2,3)4/h6-9,12,15-16,18H,10-11H2,1-5H3. The van der Waals surface area contributed by atoms with Crippen LogP contribution in [0.4, 0.5) is 0 Å². The maximum absolute atomic E-state index is 5.91. The number of nitrogens with one attached hydrogen (secondary N) is 1. The van der Waals surface area contributed by atoms with Gasteiger partial charge >= 0.3 is 0 Å². The summed E-state index contributed by atoms with van der Waals surface area (Å²) in [5.41, 5.74) is 2.92. The molecule has 1 aliphatic rings. The summed E-state index contributed by atoms with van der Waals surface area (Å²) < 4.78 is 5.91. The van der Waals surface area contributed by atoms with Crippen LogP contribution in [0.5, 0.6) is 0 Å². The Morgan fingerprint density at radius 1 is 1.21 bits per heavy atom. The Morgan fingerprint density at radius 2 is 1.84 bits per heavy atom. The lowest BCUT2D eigenvalue weighted by atomic mass is 9.85. The van der Waals surface area contributed by atoms with Crippen LogP contribution in [-0.2, 0) is 10.2 Å². The minimum Gasteiger partial charge on any atom is -0.376 e. The molecule has 1 aromatic rings. The second-order valence-corrected chi connectivity index (χ2v) is 6.74. The monoisotopic (exact) mass is 261 g/mol. The molecule has 0 spiro atoms. The molecule has 3 unspecified atom stereocenters. The highest BCUT2D eigenvalue weighted by molar-refractivity contribution is 5.30. The van der Waals surface area contributed by atoms with E-state index in [0.717, 1.165) is 6.61 Å². The van der Waals surface area contributed by atoms with E-state index in [0.29, 0.717) is 18.1 Å². The van der Waals surface area contributed by atoms with Gasteiger partial charge in [0.25, 0.3) is 0 Å². The van der Waals surface area contributed by atoms with Crippen molar-refractivity contribution in [2.75, 3.05) is 13.7 Å². The summed E-state index contributed by atoms with van der Waals surface area (Å²) in [6.07, 6.45) is 1.47. The van der Waals surface area contributed by atoms with Gasteiger partial charge < -0.3 is 10.1 Å². The van der Waals surface area contributed by atoms with Gasteiger partial charge in [0.2, 0.25) is 0 Å². The molecule has 0 saturated carbocycles. The third-order valence-electron chi connectivity index (χ3n) is 4.22. The molecule has 3 atom stereocenters. The summed E-state index contributed by atoms with van der Waals surface area (Å²) >= 11 is 0. The lowest BCUT2D eigenvalue weighted by Gasteiger charge is -2.27. The number of ether oxygens (including phenoxy) is 1. The van der Waals surface area contributed by atoms with Gasteiger partial charge in [-0.3, -0.25) is 0 Å². The first-order chi connectivity index (χ1) is 8.93. The van der Waals surface area contributed by atoms with Crippen LogP contribution in [0.15, 0.2) is 24.3 Å². The summed E-state index contributed by atoms with van der Waals surface area (Å²) in [5.74, 6) is 0.625. The molecule has 1 fully saturated rings. The number of hydrogen-bond donors (Lipinski definition) is 1. The second-order valence-electron chi connectivity index (χ2n) is 6.74. The minimum atomic E-state index is 0.213. The molecule has 2 nitrogen and oxygen atoms in total. The van der Waals surface area contributed by atoms with Gasteiger partial charge in [-0.15, -0.1) is 0 Å². The lowest BCUT2D eigenvalue weighted by Crippen LogP contribution is -2.32. The molecule has 2 rings (SSSR count). The van der Waals surface area contributed by atoms with E-state index in [1.165, 1.54) is 17.5 Å². The Bertz CT molecular complexity index is 404. The second kappa shape index (κ2) is 5.64. The predicted molar refractivity (Wildman–Crippen MR) is 80.5 cm³/mol. The van der Waals surface area contributed by atoms with E-state index in [4.69, 9.17) is 4.74 Å². The van der Waals surface area contributed by atoms with E-state index in [9.17, 15) is 0 Å². The molecule has 1 saturated heterocycles. The highest BCUT2D eigenvalue weighted by atomic mass is 16.5. The average Bonchev–Trinajstić information content (AvgIpc) is 2.76. The fraction of sp³-hybridized carbons (Fsp3) is 0.647. The molecule has 0 amide bonds. The van der Waals surface area contributed by atoms with Crippen molar-refractivity contribution in [3.63, 3.8) is 0 Å². The van der Waals surface area contributed by atoms with Crippen molar-refractivity contribution in [1.82, 2.24) is 5.32 Å². The molecule has 1 N–H and O–H groups in total. The average molecular weight is 261 g/mol. The largest absolute Gasteiger partial charge is 0.376 e. The predicted octanol–water partition coefficient (Wildman–Crippen LogP) is 3.67. The molecule has 0 aliphatic carbocycles. The van der Waals surface area contributed by atoms with E-state index in [2.05, 4.69) is 57.3 Å². The van der Waals surface area contributed by atoms with Crippen LogP contribution in [-0.4, -0.2) is 19.8 Å². The molecule has 0 bridgehead atoms. The maximum atomic E-state index is 5.91. The van der Waals surface area contributed by atoms with E-state index in [-0.39, 0.29) is 5.41 Å². The smallest absolute Gasteiger partial charge is 0.0795 e. The van der Waals surface area contributed by atoms with Crippen molar-refractivity contribution in [3.8, 4) is 0 Å². The van der Waals surface area contributed by atoms with Gasteiger partial charge in [0.15, 0.2) is 0 Å².